The number of nitrogens with zero attached hydrogens (tertiary/aromatic N) is 1. The topological polar surface area (TPSA) is 50.1 Å². The van der Waals surface area contributed by atoms with Crippen molar-refractivity contribution < 1.29 is 9.53 Å². The number of nitriles is 1. The van der Waals surface area contributed by atoms with Crippen LogP contribution in [0.3, 0.4) is 0 Å². The first-order valence-electron chi connectivity index (χ1n) is 10.3. The first-order chi connectivity index (χ1) is 15.2. The van der Waals surface area contributed by atoms with Crippen LogP contribution in [-0.4, -0.2) is 12.9 Å². The number of rotatable bonds is 7. The summed E-state index contributed by atoms with van der Waals surface area (Å²) in [5, 5.41) is 12.4. The molecule has 0 aromatic heterocycles. The fourth-order valence-electron chi connectivity index (χ4n) is 4.12. The maximum absolute atomic E-state index is 13.2. The summed E-state index contributed by atoms with van der Waals surface area (Å²) in [6.45, 7) is 0. The van der Waals surface area contributed by atoms with Crippen molar-refractivity contribution in [3.05, 3.63) is 114 Å². The van der Waals surface area contributed by atoms with Gasteiger partial charge in [0.05, 0.1) is 19.1 Å². The van der Waals surface area contributed by atoms with Gasteiger partial charge in [-0.3, -0.25) is 4.79 Å². The highest BCUT2D eigenvalue weighted by molar-refractivity contribution is 5.97. The van der Waals surface area contributed by atoms with Crippen LogP contribution >= 0.6 is 0 Å². The Morgan fingerprint density at radius 3 is 2.26 bits per heavy atom. The van der Waals surface area contributed by atoms with Gasteiger partial charge in [-0.1, -0.05) is 72.8 Å². The third-order valence-electron chi connectivity index (χ3n) is 5.74. The number of hydrogen-bond acceptors (Lipinski definition) is 3. The summed E-state index contributed by atoms with van der Waals surface area (Å²) >= 11 is 0. The van der Waals surface area contributed by atoms with Crippen LogP contribution in [0.4, 0.5) is 0 Å². The lowest BCUT2D eigenvalue weighted by molar-refractivity contribution is 0.0972. The second kappa shape index (κ2) is 9.28. The molecule has 0 saturated carbocycles. The SMILES string of the molecule is COc1ccc(C(=O)C[C@H](c2ccccc2)[C@@H](C#N)c2cccc3ccccc23)cc1. The number of hydrogen-bond donors (Lipinski definition) is 0. The molecule has 0 aliphatic carbocycles. The van der Waals surface area contributed by atoms with Crippen LogP contribution in [0.5, 0.6) is 5.75 Å². The summed E-state index contributed by atoms with van der Waals surface area (Å²) < 4.78 is 5.20. The van der Waals surface area contributed by atoms with Crippen LogP contribution in [0.2, 0.25) is 0 Å². The standard InChI is InChI=1S/C28H23NO2/c1-31-23-16-14-22(15-17-23)28(30)18-26(21-8-3-2-4-9-21)27(19-29)25-13-7-11-20-10-5-6-12-24(20)25/h2-17,26-27H,18H2,1H3/t26-,27+/m1/s1. The van der Waals surface area contributed by atoms with Gasteiger partial charge in [-0.25, -0.2) is 0 Å². The van der Waals surface area contributed by atoms with E-state index in [0.29, 0.717) is 11.3 Å². The van der Waals surface area contributed by atoms with E-state index in [1.807, 2.05) is 72.8 Å². The van der Waals surface area contributed by atoms with Crippen LogP contribution in [0.1, 0.15) is 39.7 Å². The van der Waals surface area contributed by atoms with Crippen molar-refractivity contribution in [1.29, 1.82) is 5.26 Å². The van der Waals surface area contributed by atoms with Crippen molar-refractivity contribution in [3.63, 3.8) is 0 Å². The summed E-state index contributed by atoms with van der Waals surface area (Å²) in [6, 6.07) is 33.6. The lowest BCUT2D eigenvalue weighted by Gasteiger charge is -2.24. The number of benzene rings is 4. The Morgan fingerprint density at radius 2 is 1.55 bits per heavy atom. The maximum atomic E-state index is 13.2. The van der Waals surface area contributed by atoms with Crippen LogP contribution in [0, 0.1) is 11.3 Å². The molecule has 0 amide bonds. The van der Waals surface area contributed by atoms with Gasteiger partial charge in [0.25, 0.3) is 0 Å². The Kier molecular flexibility index (Phi) is 6.10. The van der Waals surface area contributed by atoms with E-state index in [1.54, 1.807) is 31.4 Å². The highest BCUT2D eigenvalue weighted by Gasteiger charge is 2.28. The third-order valence-corrected chi connectivity index (χ3v) is 5.74. The van der Waals surface area contributed by atoms with Crippen molar-refractivity contribution in [1.82, 2.24) is 0 Å². The monoisotopic (exact) mass is 405 g/mol. The van der Waals surface area contributed by atoms with E-state index in [0.717, 1.165) is 21.9 Å². The summed E-state index contributed by atoms with van der Waals surface area (Å²) in [5.74, 6) is 0.0149. The van der Waals surface area contributed by atoms with Gasteiger partial charge in [0.1, 0.15) is 5.75 Å². The average Bonchev–Trinajstić information content (AvgIpc) is 2.84. The van der Waals surface area contributed by atoms with E-state index in [4.69, 9.17) is 4.74 Å². The van der Waals surface area contributed by atoms with Crippen molar-refractivity contribution in [2.75, 3.05) is 7.11 Å². The molecule has 0 aliphatic heterocycles. The minimum Gasteiger partial charge on any atom is -0.497 e. The molecule has 0 aliphatic rings. The number of methoxy groups -OCH3 is 1. The molecule has 0 fully saturated rings. The molecular formula is C28H23NO2. The Bertz CT molecular complexity index is 1220. The fourth-order valence-corrected chi connectivity index (χ4v) is 4.12. The number of carbonyl (C=O) groups excluding carboxylic acids is 1. The van der Waals surface area contributed by atoms with Crippen LogP contribution in [-0.2, 0) is 0 Å². The van der Waals surface area contributed by atoms with Crippen LogP contribution in [0.15, 0.2) is 97.1 Å². The van der Waals surface area contributed by atoms with Crippen molar-refractivity contribution in [2.24, 2.45) is 0 Å². The summed E-state index contributed by atoms with van der Waals surface area (Å²) in [6.07, 6.45) is 0.248. The van der Waals surface area contributed by atoms with E-state index in [-0.39, 0.29) is 18.1 Å². The van der Waals surface area contributed by atoms with Crippen molar-refractivity contribution in [2.45, 2.75) is 18.3 Å². The van der Waals surface area contributed by atoms with Crippen LogP contribution in [0.25, 0.3) is 10.8 Å². The summed E-state index contributed by atoms with van der Waals surface area (Å²) in [7, 11) is 1.60. The van der Waals surface area contributed by atoms with Gasteiger partial charge in [0, 0.05) is 17.9 Å². The number of Topliss-reactive ketones (excluding diaryl/α,β-unsaturated/α-hetero) is 1. The van der Waals surface area contributed by atoms with Gasteiger partial charge in [0.2, 0.25) is 0 Å². The molecule has 0 saturated heterocycles. The van der Waals surface area contributed by atoms with Gasteiger partial charge in [0.15, 0.2) is 5.78 Å². The Balaban J connectivity index is 1.75. The third kappa shape index (κ3) is 4.34. The summed E-state index contributed by atoms with van der Waals surface area (Å²) in [4.78, 5) is 13.2. The molecule has 0 N–H and O–H groups in total. The molecule has 4 aromatic rings. The molecule has 4 aromatic carbocycles. The molecule has 0 heterocycles. The maximum Gasteiger partial charge on any atom is 0.163 e. The molecule has 0 bridgehead atoms. The molecule has 0 radical (unpaired) electrons. The van der Waals surface area contributed by atoms with Gasteiger partial charge in [-0.2, -0.15) is 5.26 Å². The molecule has 3 nitrogen and oxygen atoms in total. The van der Waals surface area contributed by atoms with Gasteiger partial charge in [-0.05, 0) is 46.2 Å². The van der Waals surface area contributed by atoms with E-state index in [1.165, 1.54) is 0 Å². The van der Waals surface area contributed by atoms with E-state index in [2.05, 4.69) is 6.07 Å². The smallest absolute Gasteiger partial charge is 0.163 e. The van der Waals surface area contributed by atoms with E-state index in [9.17, 15) is 10.1 Å². The minimum absolute atomic E-state index is 0.0111. The van der Waals surface area contributed by atoms with Gasteiger partial charge < -0.3 is 4.74 Å². The number of fused-ring (bicyclic) bond motifs is 1. The molecule has 31 heavy (non-hydrogen) atoms. The second-order valence-corrected chi connectivity index (χ2v) is 7.55. The molecule has 4 rings (SSSR count). The highest BCUT2D eigenvalue weighted by Crippen LogP contribution is 2.39. The largest absolute Gasteiger partial charge is 0.497 e. The number of carbonyl (C=O) groups is 1. The van der Waals surface area contributed by atoms with Gasteiger partial charge in [-0.15, -0.1) is 0 Å². The first-order valence-corrected chi connectivity index (χ1v) is 10.3. The Labute approximate surface area is 182 Å². The molecule has 152 valence electrons. The zero-order valence-electron chi connectivity index (χ0n) is 17.4. The average molecular weight is 405 g/mol. The zero-order chi connectivity index (χ0) is 21.6. The van der Waals surface area contributed by atoms with E-state index >= 15 is 0 Å². The Hall–Kier alpha value is -3.90. The van der Waals surface area contributed by atoms with Crippen molar-refractivity contribution in [3.8, 4) is 11.8 Å². The van der Waals surface area contributed by atoms with Gasteiger partial charge >= 0.3 is 0 Å². The normalized spacial score (nSPS) is 12.6. The predicted molar refractivity (Wildman–Crippen MR) is 123 cm³/mol. The predicted octanol–water partition coefficient (Wildman–Crippen LogP) is 6.51. The van der Waals surface area contributed by atoms with Crippen molar-refractivity contribution >= 4 is 16.6 Å². The van der Waals surface area contributed by atoms with Crippen LogP contribution < -0.4 is 4.74 Å². The fraction of sp³-hybridized carbons (Fsp3) is 0.143. The molecule has 2 atom stereocenters. The Morgan fingerprint density at radius 1 is 0.871 bits per heavy atom. The van der Waals surface area contributed by atoms with E-state index < -0.39 is 5.92 Å². The number of ether oxygens (including phenoxy) is 1. The molecule has 0 unspecified atom stereocenters. The lowest BCUT2D eigenvalue weighted by atomic mass is 9.77. The molecule has 0 spiro atoms. The molecular weight excluding hydrogens is 382 g/mol. The zero-order valence-corrected chi connectivity index (χ0v) is 17.4. The first kappa shape index (κ1) is 20.4. The quantitative estimate of drug-likeness (QED) is 0.329. The second-order valence-electron chi connectivity index (χ2n) is 7.55. The molecule has 3 heteroatoms. The lowest BCUT2D eigenvalue weighted by Crippen LogP contribution is -2.15. The highest BCUT2D eigenvalue weighted by atomic mass is 16.5. The number of ketones is 1. The minimum atomic E-state index is -0.448. The summed E-state index contributed by atoms with van der Waals surface area (Å²) in [5.41, 5.74) is 2.57.